The van der Waals surface area contributed by atoms with Crippen molar-refractivity contribution in [3.63, 3.8) is 0 Å². The van der Waals surface area contributed by atoms with E-state index in [9.17, 15) is 8.42 Å². The Morgan fingerprint density at radius 3 is 2.44 bits per heavy atom. The Balaban J connectivity index is 1.63. The lowest BCUT2D eigenvalue weighted by molar-refractivity contribution is 0.122. The third-order valence-electron chi connectivity index (χ3n) is 4.09. The highest BCUT2D eigenvalue weighted by Gasteiger charge is 2.17. The number of rotatable bonds is 8. The van der Waals surface area contributed by atoms with Crippen molar-refractivity contribution in [2.24, 2.45) is 0 Å². The summed E-state index contributed by atoms with van der Waals surface area (Å²) in [6.45, 7) is 5.41. The van der Waals surface area contributed by atoms with Crippen LogP contribution in [0.25, 0.3) is 0 Å². The van der Waals surface area contributed by atoms with E-state index in [2.05, 4.69) is 21.6 Å². The molecule has 0 radical (unpaired) electrons. The van der Waals surface area contributed by atoms with Gasteiger partial charge in [0.25, 0.3) is 10.0 Å². The number of nitrogens with zero attached hydrogens (tertiary/aromatic N) is 3. The number of hydrogen-bond donors (Lipinski definition) is 1. The molecule has 0 atom stereocenters. The number of ether oxygens (including phenoxy) is 2. The quantitative estimate of drug-likeness (QED) is 0.689. The molecule has 27 heavy (non-hydrogen) atoms. The number of aromatic nitrogens is 2. The van der Waals surface area contributed by atoms with Crippen LogP contribution in [-0.2, 0) is 14.8 Å². The Labute approximate surface area is 159 Å². The van der Waals surface area contributed by atoms with Crippen molar-refractivity contribution in [1.29, 1.82) is 0 Å². The minimum atomic E-state index is -3.71. The molecule has 0 aliphatic carbocycles. The number of hydrogen-bond acceptors (Lipinski definition) is 7. The molecule has 9 heteroatoms. The minimum absolute atomic E-state index is 0.155. The molecule has 0 spiro atoms. The number of unbranched alkanes of at least 4 members (excludes halogenated alkanes) is 1. The van der Waals surface area contributed by atoms with Gasteiger partial charge in [-0.2, -0.15) is 0 Å². The lowest BCUT2D eigenvalue weighted by Gasteiger charge is -2.26. The van der Waals surface area contributed by atoms with Crippen molar-refractivity contribution < 1.29 is 17.9 Å². The van der Waals surface area contributed by atoms with E-state index in [1.807, 2.05) is 4.90 Å². The van der Waals surface area contributed by atoms with Gasteiger partial charge in [-0.15, -0.1) is 0 Å². The van der Waals surface area contributed by atoms with Gasteiger partial charge >= 0.3 is 0 Å². The maximum atomic E-state index is 12.5. The van der Waals surface area contributed by atoms with Gasteiger partial charge in [0.05, 0.1) is 42.8 Å². The van der Waals surface area contributed by atoms with Crippen molar-refractivity contribution in [3.05, 3.63) is 36.7 Å². The Hall–Kier alpha value is -2.39. The maximum Gasteiger partial charge on any atom is 0.261 e. The molecule has 1 aliphatic rings. The van der Waals surface area contributed by atoms with Gasteiger partial charge in [-0.1, -0.05) is 13.3 Å². The third kappa shape index (κ3) is 5.30. The SMILES string of the molecule is CCCCOc1ccc(S(=O)(=O)Nc2cnc(N3CCOCC3)nc2)cc1. The topological polar surface area (TPSA) is 93.7 Å². The Kier molecular flexibility index (Phi) is 6.46. The molecule has 1 aromatic carbocycles. The zero-order valence-electron chi connectivity index (χ0n) is 15.3. The second-order valence-electron chi connectivity index (χ2n) is 6.15. The summed E-state index contributed by atoms with van der Waals surface area (Å²) < 4.78 is 38.4. The van der Waals surface area contributed by atoms with Crippen molar-refractivity contribution >= 4 is 21.7 Å². The highest BCUT2D eigenvalue weighted by atomic mass is 32.2. The normalized spacial score (nSPS) is 14.8. The van der Waals surface area contributed by atoms with E-state index in [0.717, 1.165) is 25.9 Å². The van der Waals surface area contributed by atoms with E-state index in [0.29, 0.717) is 37.2 Å². The molecule has 0 bridgehead atoms. The van der Waals surface area contributed by atoms with E-state index >= 15 is 0 Å². The largest absolute Gasteiger partial charge is 0.494 e. The fourth-order valence-corrected chi connectivity index (χ4v) is 3.59. The molecule has 1 N–H and O–H groups in total. The van der Waals surface area contributed by atoms with Crippen molar-refractivity contribution in [1.82, 2.24) is 9.97 Å². The van der Waals surface area contributed by atoms with Crippen LogP contribution in [0.2, 0.25) is 0 Å². The molecule has 1 saturated heterocycles. The Morgan fingerprint density at radius 2 is 1.81 bits per heavy atom. The first-order chi connectivity index (χ1) is 13.1. The van der Waals surface area contributed by atoms with Crippen LogP contribution in [0.3, 0.4) is 0 Å². The summed E-state index contributed by atoms with van der Waals surface area (Å²) in [4.78, 5) is 10.7. The molecule has 2 aromatic rings. The predicted molar refractivity (Wildman–Crippen MR) is 103 cm³/mol. The van der Waals surface area contributed by atoms with Gasteiger partial charge in [0, 0.05) is 13.1 Å². The second kappa shape index (κ2) is 9.01. The van der Waals surface area contributed by atoms with E-state index in [-0.39, 0.29) is 4.90 Å². The van der Waals surface area contributed by atoms with Crippen molar-refractivity contribution in [3.8, 4) is 5.75 Å². The summed E-state index contributed by atoms with van der Waals surface area (Å²) in [6.07, 6.45) is 4.94. The van der Waals surface area contributed by atoms with Gasteiger partial charge in [0.15, 0.2) is 0 Å². The summed E-state index contributed by atoms with van der Waals surface area (Å²) in [5, 5.41) is 0. The number of nitrogens with one attached hydrogen (secondary N) is 1. The number of morpholine rings is 1. The van der Waals surface area contributed by atoms with E-state index in [1.165, 1.54) is 24.5 Å². The molecule has 1 aliphatic heterocycles. The van der Waals surface area contributed by atoms with Crippen molar-refractivity contribution in [2.75, 3.05) is 42.5 Å². The molecular weight excluding hydrogens is 368 g/mol. The highest BCUT2D eigenvalue weighted by molar-refractivity contribution is 7.92. The summed E-state index contributed by atoms with van der Waals surface area (Å²) in [5.74, 6) is 1.22. The lowest BCUT2D eigenvalue weighted by atomic mass is 10.3. The fraction of sp³-hybridized carbons (Fsp3) is 0.444. The van der Waals surface area contributed by atoms with Crippen LogP contribution in [0.5, 0.6) is 5.75 Å². The molecule has 8 nitrogen and oxygen atoms in total. The van der Waals surface area contributed by atoms with Crippen LogP contribution in [0.4, 0.5) is 11.6 Å². The van der Waals surface area contributed by atoms with Gasteiger partial charge < -0.3 is 14.4 Å². The number of benzene rings is 1. The monoisotopic (exact) mass is 392 g/mol. The molecular formula is C18H24N4O4S. The highest BCUT2D eigenvalue weighted by Crippen LogP contribution is 2.20. The van der Waals surface area contributed by atoms with Crippen LogP contribution in [0, 0.1) is 0 Å². The molecule has 1 fully saturated rings. The van der Waals surface area contributed by atoms with Crippen LogP contribution in [0.1, 0.15) is 19.8 Å². The second-order valence-corrected chi connectivity index (χ2v) is 7.83. The fourth-order valence-electron chi connectivity index (χ4n) is 2.56. The maximum absolute atomic E-state index is 12.5. The zero-order valence-corrected chi connectivity index (χ0v) is 16.1. The third-order valence-corrected chi connectivity index (χ3v) is 5.48. The van der Waals surface area contributed by atoms with Crippen LogP contribution >= 0.6 is 0 Å². The van der Waals surface area contributed by atoms with Gasteiger partial charge in [0.2, 0.25) is 5.95 Å². The number of anilines is 2. The van der Waals surface area contributed by atoms with Crippen molar-refractivity contribution in [2.45, 2.75) is 24.7 Å². The molecule has 1 aromatic heterocycles. The average molecular weight is 392 g/mol. The van der Waals surface area contributed by atoms with Gasteiger partial charge in [-0.25, -0.2) is 18.4 Å². The summed E-state index contributed by atoms with van der Waals surface area (Å²) in [5.41, 5.74) is 0.315. The van der Waals surface area contributed by atoms with E-state index in [1.54, 1.807) is 12.1 Å². The predicted octanol–water partition coefficient (Wildman–Crippen LogP) is 2.29. The average Bonchev–Trinajstić information content (AvgIpc) is 2.70. The standard InChI is InChI=1S/C18H24N4O4S/c1-2-3-10-26-16-4-6-17(7-5-16)27(23,24)21-15-13-19-18(20-14-15)22-8-11-25-12-9-22/h4-7,13-14,21H,2-3,8-12H2,1H3. The molecule has 2 heterocycles. The number of sulfonamides is 1. The van der Waals surface area contributed by atoms with Gasteiger partial charge in [-0.05, 0) is 30.7 Å². The zero-order chi connectivity index (χ0) is 19.1. The summed E-state index contributed by atoms with van der Waals surface area (Å²) in [7, 11) is -3.71. The minimum Gasteiger partial charge on any atom is -0.494 e. The Morgan fingerprint density at radius 1 is 1.15 bits per heavy atom. The smallest absolute Gasteiger partial charge is 0.261 e. The van der Waals surface area contributed by atoms with Gasteiger partial charge in [-0.3, -0.25) is 4.72 Å². The molecule has 0 amide bonds. The van der Waals surface area contributed by atoms with Crippen LogP contribution < -0.4 is 14.4 Å². The molecule has 146 valence electrons. The summed E-state index contributed by atoms with van der Waals surface area (Å²) in [6, 6.07) is 6.35. The van der Waals surface area contributed by atoms with E-state index < -0.39 is 10.0 Å². The summed E-state index contributed by atoms with van der Waals surface area (Å²) >= 11 is 0. The first-order valence-corrected chi connectivity index (χ1v) is 10.5. The first kappa shape index (κ1) is 19.4. The van der Waals surface area contributed by atoms with E-state index in [4.69, 9.17) is 9.47 Å². The van der Waals surface area contributed by atoms with Crippen LogP contribution in [-0.4, -0.2) is 51.3 Å². The molecule has 3 rings (SSSR count). The first-order valence-electron chi connectivity index (χ1n) is 8.99. The molecule has 0 saturated carbocycles. The lowest BCUT2D eigenvalue weighted by Crippen LogP contribution is -2.37. The Bertz CT molecular complexity index is 819. The van der Waals surface area contributed by atoms with Gasteiger partial charge in [0.1, 0.15) is 5.75 Å². The van der Waals surface area contributed by atoms with Crippen LogP contribution in [0.15, 0.2) is 41.6 Å². The molecule has 0 unspecified atom stereocenters.